The fraction of sp³-hybridized carbons (Fsp3) is 0.318. The van der Waals surface area contributed by atoms with Crippen LogP contribution in [0.15, 0.2) is 42.5 Å². The monoisotopic (exact) mass is 382 g/mol. The highest BCUT2D eigenvalue weighted by molar-refractivity contribution is 6.35. The van der Waals surface area contributed by atoms with Gasteiger partial charge in [0.25, 0.3) is 0 Å². The third kappa shape index (κ3) is 3.60. The van der Waals surface area contributed by atoms with Gasteiger partial charge in [-0.2, -0.15) is 0 Å². The molecule has 1 aliphatic rings. The molecule has 0 radical (unpaired) electrons. The third-order valence-electron chi connectivity index (χ3n) is 5.31. The summed E-state index contributed by atoms with van der Waals surface area (Å²) < 4.78 is 5.93. The summed E-state index contributed by atoms with van der Waals surface area (Å²) >= 11 is 6.48. The number of likely N-dealkylation sites (tertiary alicyclic amines) is 1. The van der Waals surface area contributed by atoms with Crippen LogP contribution in [-0.2, 0) is 0 Å². The Hall–Kier alpha value is -2.30. The van der Waals surface area contributed by atoms with Crippen LogP contribution in [0, 0.1) is 6.92 Å². The number of carbonyl (C=O) groups excluding carboxylic acids is 1. The Morgan fingerprint density at radius 2 is 1.89 bits per heavy atom. The van der Waals surface area contributed by atoms with Gasteiger partial charge in [-0.1, -0.05) is 29.8 Å². The minimum atomic E-state index is -0.344. The Bertz CT molecular complexity index is 973. The number of carbonyl (C=O) groups is 1. The van der Waals surface area contributed by atoms with E-state index in [9.17, 15) is 4.79 Å². The fourth-order valence-electron chi connectivity index (χ4n) is 3.81. The Morgan fingerprint density at radius 3 is 2.59 bits per heavy atom. The predicted molar refractivity (Wildman–Crippen MR) is 109 cm³/mol. The van der Waals surface area contributed by atoms with Crippen LogP contribution in [0.4, 0.5) is 0 Å². The summed E-state index contributed by atoms with van der Waals surface area (Å²) in [7, 11) is 2.14. The second kappa shape index (κ2) is 7.37. The van der Waals surface area contributed by atoms with E-state index in [0.29, 0.717) is 22.3 Å². The van der Waals surface area contributed by atoms with E-state index >= 15 is 0 Å². The summed E-state index contributed by atoms with van der Waals surface area (Å²) in [4.78, 5) is 18.5. The molecule has 0 aliphatic carbocycles. The summed E-state index contributed by atoms with van der Waals surface area (Å²) in [5.41, 5.74) is 3.40. The number of piperidine rings is 1. The molecule has 1 aromatic heterocycles. The number of nitrogens with one attached hydrogen (secondary N) is 1. The van der Waals surface area contributed by atoms with Crippen molar-refractivity contribution in [1.82, 2.24) is 9.88 Å². The second-order valence-corrected chi connectivity index (χ2v) is 7.78. The van der Waals surface area contributed by atoms with Crippen LogP contribution < -0.4 is 4.74 Å². The number of hydrogen-bond donors (Lipinski definition) is 1. The molecule has 1 fully saturated rings. The van der Waals surface area contributed by atoms with Gasteiger partial charge in [-0.25, -0.2) is 4.79 Å². The number of nitrogens with zero attached hydrogens (tertiary/aromatic N) is 1. The minimum absolute atomic E-state index is 0.323. The highest BCUT2D eigenvalue weighted by atomic mass is 35.5. The molecule has 27 heavy (non-hydrogen) atoms. The lowest BCUT2D eigenvalue weighted by Crippen LogP contribution is -2.29. The Kier molecular flexibility index (Phi) is 4.94. The summed E-state index contributed by atoms with van der Waals surface area (Å²) in [6, 6.07) is 13.1. The second-order valence-electron chi connectivity index (χ2n) is 7.37. The van der Waals surface area contributed by atoms with E-state index in [2.05, 4.69) is 16.9 Å². The number of ether oxygens (including phenoxy) is 1. The zero-order valence-corrected chi connectivity index (χ0v) is 16.3. The molecule has 3 aromatic rings. The van der Waals surface area contributed by atoms with Crippen molar-refractivity contribution in [2.24, 2.45) is 0 Å². The first kappa shape index (κ1) is 18.1. The largest absolute Gasteiger partial charge is 0.420 e. The van der Waals surface area contributed by atoms with E-state index in [1.807, 2.05) is 37.3 Å². The SMILES string of the molecule is Cc1cc(Cl)c2[nH]c(C3CCN(C)CC3)c(OC(=O)c3ccccc3)c2c1. The number of halogens is 1. The van der Waals surface area contributed by atoms with E-state index in [4.69, 9.17) is 16.3 Å². The smallest absolute Gasteiger partial charge is 0.343 e. The lowest BCUT2D eigenvalue weighted by molar-refractivity contribution is 0.0734. The number of H-pyrrole nitrogens is 1. The summed E-state index contributed by atoms with van der Waals surface area (Å²) in [6.45, 7) is 4.05. The maximum absolute atomic E-state index is 12.7. The van der Waals surface area contributed by atoms with Crippen LogP contribution >= 0.6 is 11.6 Å². The highest BCUT2D eigenvalue weighted by Crippen LogP contribution is 2.41. The lowest BCUT2D eigenvalue weighted by Gasteiger charge is -2.28. The Labute approximate surface area is 164 Å². The van der Waals surface area contributed by atoms with Gasteiger partial charge >= 0.3 is 5.97 Å². The van der Waals surface area contributed by atoms with Crippen molar-refractivity contribution < 1.29 is 9.53 Å². The molecule has 1 N–H and O–H groups in total. The predicted octanol–water partition coefficient (Wildman–Crippen LogP) is 5.16. The average Bonchev–Trinajstić information content (AvgIpc) is 3.02. The molecular weight excluding hydrogens is 360 g/mol. The maximum atomic E-state index is 12.7. The van der Waals surface area contributed by atoms with Crippen LogP contribution in [0.1, 0.15) is 40.4 Å². The molecule has 0 atom stereocenters. The van der Waals surface area contributed by atoms with Crippen LogP contribution in [0.3, 0.4) is 0 Å². The Balaban J connectivity index is 1.78. The van der Waals surface area contributed by atoms with Crippen molar-refractivity contribution in [2.45, 2.75) is 25.7 Å². The molecule has 5 heteroatoms. The van der Waals surface area contributed by atoms with Crippen molar-refractivity contribution in [3.05, 3.63) is 64.3 Å². The van der Waals surface area contributed by atoms with E-state index < -0.39 is 0 Å². The van der Waals surface area contributed by atoms with Gasteiger partial charge in [-0.15, -0.1) is 0 Å². The number of esters is 1. The van der Waals surface area contributed by atoms with Gasteiger partial charge in [0.1, 0.15) is 0 Å². The molecule has 140 valence electrons. The zero-order valence-electron chi connectivity index (χ0n) is 15.6. The molecule has 0 amide bonds. The number of aromatic nitrogens is 1. The first-order chi connectivity index (χ1) is 13.0. The molecule has 1 aliphatic heterocycles. The number of aromatic amines is 1. The van der Waals surface area contributed by atoms with Gasteiger partial charge in [-0.05, 0) is 69.7 Å². The van der Waals surface area contributed by atoms with E-state index in [0.717, 1.165) is 48.1 Å². The van der Waals surface area contributed by atoms with Gasteiger partial charge in [0.2, 0.25) is 0 Å². The number of hydrogen-bond acceptors (Lipinski definition) is 3. The van der Waals surface area contributed by atoms with Gasteiger partial charge in [0, 0.05) is 11.3 Å². The Morgan fingerprint density at radius 1 is 1.19 bits per heavy atom. The van der Waals surface area contributed by atoms with Gasteiger partial charge in [0.05, 0.1) is 21.8 Å². The lowest BCUT2D eigenvalue weighted by atomic mass is 9.93. The molecule has 0 saturated carbocycles. The van der Waals surface area contributed by atoms with Crippen molar-refractivity contribution in [3.63, 3.8) is 0 Å². The van der Waals surface area contributed by atoms with Crippen LogP contribution in [0.2, 0.25) is 5.02 Å². The molecule has 1 saturated heterocycles. The molecule has 2 aromatic carbocycles. The number of rotatable bonds is 3. The molecular formula is C22H23ClN2O2. The summed E-state index contributed by atoms with van der Waals surface area (Å²) in [5.74, 6) is 0.603. The van der Waals surface area contributed by atoms with E-state index in [-0.39, 0.29) is 5.97 Å². The first-order valence-corrected chi connectivity index (χ1v) is 9.68. The van der Waals surface area contributed by atoms with Crippen LogP contribution in [0.25, 0.3) is 10.9 Å². The number of fused-ring (bicyclic) bond motifs is 1. The standard InChI is InChI=1S/C22H23ClN2O2/c1-14-12-17-20(18(23)13-14)24-19(15-8-10-25(2)11-9-15)21(17)27-22(26)16-6-4-3-5-7-16/h3-7,12-13,15,24H,8-11H2,1-2H3. The minimum Gasteiger partial charge on any atom is -0.420 e. The molecule has 2 heterocycles. The number of benzene rings is 2. The maximum Gasteiger partial charge on any atom is 0.343 e. The molecule has 0 unspecified atom stereocenters. The van der Waals surface area contributed by atoms with Crippen molar-refractivity contribution in [2.75, 3.05) is 20.1 Å². The summed E-state index contributed by atoms with van der Waals surface area (Å²) in [6.07, 6.45) is 2.05. The first-order valence-electron chi connectivity index (χ1n) is 9.30. The third-order valence-corrected chi connectivity index (χ3v) is 5.61. The quantitative estimate of drug-likeness (QED) is 0.636. The molecule has 0 bridgehead atoms. The van der Waals surface area contributed by atoms with Crippen molar-refractivity contribution in [1.29, 1.82) is 0 Å². The van der Waals surface area contributed by atoms with Crippen LogP contribution in [0.5, 0.6) is 5.75 Å². The van der Waals surface area contributed by atoms with Gasteiger partial charge in [0.15, 0.2) is 5.75 Å². The zero-order chi connectivity index (χ0) is 19.0. The topological polar surface area (TPSA) is 45.3 Å². The van der Waals surface area contributed by atoms with Gasteiger partial charge < -0.3 is 14.6 Å². The number of aryl methyl sites for hydroxylation is 1. The molecule has 4 rings (SSSR count). The highest BCUT2D eigenvalue weighted by Gasteiger charge is 2.27. The molecule has 4 nitrogen and oxygen atoms in total. The van der Waals surface area contributed by atoms with E-state index in [1.165, 1.54) is 0 Å². The van der Waals surface area contributed by atoms with Crippen molar-refractivity contribution in [3.8, 4) is 5.75 Å². The summed E-state index contributed by atoms with van der Waals surface area (Å²) in [5, 5.41) is 1.53. The van der Waals surface area contributed by atoms with Crippen molar-refractivity contribution >= 4 is 28.5 Å². The normalized spacial score (nSPS) is 16.0. The molecule has 0 spiro atoms. The van der Waals surface area contributed by atoms with Gasteiger partial charge in [-0.3, -0.25) is 0 Å². The van der Waals surface area contributed by atoms with Crippen LogP contribution in [-0.4, -0.2) is 36.0 Å². The fourth-order valence-corrected chi connectivity index (χ4v) is 4.13. The van der Waals surface area contributed by atoms with E-state index in [1.54, 1.807) is 12.1 Å². The average molecular weight is 383 g/mol.